The predicted molar refractivity (Wildman–Crippen MR) is 127 cm³/mol. The van der Waals surface area contributed by atoms with Gasteiger partial charge in [-0.05, 0) is 61.2 Å². The number of fused-ring (bicyclic) bond motifs is 2. The van der Waals surface area contributed by atoms with Gasteiger partial charge in [-0.2, -0.15) is 5.10 Å². The second-order valence-corrected chi connectivity index (χ2v) is 8.07. The second-order valence-electron chi connectivity index (χ2n) is 8.07. The minimum atomic E-state index is 0.675. The molecule has 0 fully saturated rings. The van der Waals surface area contributed by atoms with Gasteiger partial charge in [0.15, 0.2) is 0 Å². The van der Waals surface area contributed by atoms with Crippen molar-refractivity contribution in [3.8, 4) is 5.75 Å². The Labute approximate surface area is 187 Å². The molecule has 0 aliphatic rings. The summed E-state index contributed by atoms with van der Waals surface area (Å²) in [5.41, 5.74) is 5.87. The topological polar surface area (TPSA) is 68.6 Å². The number of ether oxygens (including phenoxy) is 1. The lowest BCUT2D eigenvalue weighted by Crippen LogP contribution is -2.01. The molecular formula is C26H27N5O. The van der Waals surface area contributed by atoms with Gasteiger partial charge in [0.05, 0.1) is 18.3 Å². The largest absolute Gasteiger partial charge is 0.494 e. The van der Waals surface area contributed by atoms with Crippen molar-refractivity contribution in [2.45, 2.75) is 32.6 Å². The van der Waals surface area contributed by atoms with E-state index in [9.17, 15) is 0 Å². The fourth-order valence-corrected chi connectivity index (χ4v) is 4.30. The molecule has 0 aliphatic carbocycles. The van der Waals surface area contributed by atoms with E-state index in [0.717, 1.165) is 54.0 Å². The molecule has 6 heteroatoms. The molecule has 0 atom stereocenters. The first-order valence-electron chi connectivity index (χ1n) is 11.1. The minimum Gasteiger partial charge on any atom is -0.494 e. The van der Waals surface area contributed by atoms with Gasteiger partial charge in [0.2, 0.25) is 0 Å². The highest BCUT2D eigenvalue weighted by Gasteiger charge is 2.09. The zero-order valence-electron chi connectivity index (χ0n) is 18.5. The average molecular weight is 426 g/mol. The van der Waals surface area contributed by atoms with E-state index in [2.05, 4.69) is 51.6 Å². The molecule has 3 heterocycles. The zero-order chi connectivity index (χ0) is 21.9. The lowest BCUT2D eigenvalue weighted by molar-refractivity contribution is 0.340. The predicted octanol–water partition coefficient (Wildman–Crippen LogP) is 5.01. The van der Waals surface area contributed by atoms with Gasteiger partial charge in [-0.25, -0.2) is 9.97 Å². The summed E-state index contributed by atoms with van der Waals surface area (Å²) in [6.07, 6.45) is 9.51. The van der Waals surface area contributed by atoms with Crippen molar-refractivity contribution in [1.29, 1.82) is 0 Å². The number of rotatable bonds is 8. The maximum absolute atomic E-state index is 5.66. The number of aromatic nitrogens is 5. The summed E-state index contributed by atoms with van der Waals surface area (Å²) < 4.78 is 7.57. The van der Waals surface area contributed by atoms with E-state index in [1.54, 1.807) is 0 Å². The monoisotopic (exact) mass is 425 g/mol. The highest BCUT2D eigenvalue weighted by molar-refractivity contribution is 5.84. The van der Waals surface area contributed by atoms with Crippen LogP contribution >= 0.6 is 0 Å². The molecule has 0 bridgehead atoms. The van der Waals surface area contributed by atoms with Crippen LogP contribution in [0.1, 0.15) is 36.0 Å². The SMILES string of the molecule is CCOc1ccc2[nH]cc(CCCc3nccc(Cc4cccc5c4cnn5C)n3)c2c1. The number of aromatic amines is 1. The van der Waals surface area contributed by atoms with Gasteiger partial charge >= 0.3 is 0 Å². The fourth-order valence-electron chi connectivity index (χ4n) is 4.30. The maximum atomic E-state index is 5.66. The van der Waals surface area contributed by atoms with Crippen LogP contribution in [0.2, 0.25) is 0 Å². The van der Waals surface area contributed by atoms with Crippen molar-refractivity contribution in [1.82, 2.24) is 24.7 Å². The number of nitrogens with one attached hydrogen (secondary N) is 1. The van der Waals surface area contributed by atoms with Crippen molar-refractivity contribution in [3.63, 3.8) is 0 Å². The third kappa shape index (κ3) is 4.08. The fraction of sp³-hybridized carbons (Fsp3) is 0.269. The van der Waals surface area contributed by atoms with Crippen LogP contribution in [-0.2, 0) is 26.3 Å². The lowest BCUT2D eigenvalue weighted by Gasteiger charge is -2.06. The maximum Gasteiger partial charge on any atom is 0.128 e. The number of H-pyrrole nitrogens is 1. The number of nitrogens with zero attached hydrogens (tertiary/aromatic N) is 4. The van der Waals surface area contributed by atoms with Crippen molar-refractivity contribution >= 4 is 21.8 Å². The van der Waals surface area contributed by atoms with Crippen LogP contribution in [0.4, 0.5) is 0 Å². The molecule has 0 saturated heterocycles. The molecule has 2 aromatic carbocycles. The molecule has 1 N–H and O–H groups in total. The van der Waals surface area contributed by atoms with Gasteiger partial charge in [-0.1, -0.05) is 12.1 Å². The number of hydrogen-bond acceptors (Lipinski definition) is 4. The van der Waals surface area contributed by atoms with E-state index in [1.807, 2.05) is 43.2 Å². The third-order valence-corrected chi connectivity index (χ3v) is 5.91. The van der Waals surface area contributed by atoms with Crippen LogP contribution in [0.25, 0.3) is 21.8 Å². The van der Waals surface area contributed by atoms with E-state index in [4.69, 9.17) is 9.72 Å². The normalized spacial score (nSPS) is 11.4. The van der Waals surface area contributed by atoms with Crippen molar-refractivity contribution in [3.05, 3.63) is 83.7 Å². The quantitative estimate of drug-likeness (QED) is 0.379. The van der Waals surface area contributed by atoms with E-state index in [1.165, 1.54) is 21.9 Å². The van der Waals surface area contributed by atoms with Gasteiger partial charge in [0.1, 0.15) is 11.6 Å². The van der Waals surface area contributed by atoms with Gasteiger partial charge in [-0.3, -0.25) is 4.68 Å². The summed E-state index contributed by atoms with van der Waals surface area (Å²) in [5.74, 6) is 1.82. The second kappa shape index (κ2) is 8.83. The first-order valence-corrected chi connectivity index (χ1v) is 11.1. The highest BCUT2D eigenvalue weighted by Crippen LogP contribution is 2.25. The van der Waals surface area contributed by atoms with Gasteiger partial charge in [0.25, 0.3) is 0 Å². The van der Waals surface area contributed by atoms with Crippen LogP contribution in [0.15, 0.2) is 61.1 Å². The summed E-state index contributed by atoms with van der Waals surface area (Å²) in [6, 6.07) is 14.6. The lowest BCUT2D eigenvalue weighted by atomic mass is 10.0. The highest BCUT2D eigenvalue weighted by atomic mass is 16.5. The van der Waals surface area contributed by atoms with Crippen molar-refractivity contribution < 1.29 is 4.74 Å². The average Bonchev–Trinajstić information content (AvgIpc) is 3.38. The Morgan fingerprint density at radius 3 is 2.88 bits per heavy atom. The number of benzene rings is 2. The number of hydrogen-bond donors (Lipinski definition) is 1. The molecule has 0 radical (unpaired) electrons. The van der Waals surface area contributed by atoms with Crippen LogP contribution in [0.5, 0.6) is 5.75 Å². The Kier molecular flexibility index (Phi) is 5.58. The first-order chi connectivity index (χ1) is 15.7. The standard InChI is InChI=1S/C26H27N5O/c1-3-32-21-10-11-24-22(15-21)19(16-28-24)7-5-9-26-27-13-12-20(30-26)14-18-6-4-8-25-23(18)17-29-31(25)2/h4,6,8,10-13,15-17,28H,3,5,7,9,14H2,1-2H3. The van der Waals surface area contributed by atoms with E-state index >= 15 is 0 Å². The molecule has 5 aromatic rings. The smallest absolute Gasteiger partial charge is 0.128 e. The minimum absolute atomic E-state index is 0.675. The van der Waals surface area contributed by atoms with Gasteiger partial charge < -0.3 is 9.72 Å². The van der Waals surface area contributed by atoms with Crippen LogP contribution < -0.4 is 4.74 Å². The van der Waals surface area contributed by atoms with Crippen molar-refractivity contribution in [2.75, 3.05) is 6.61 Å². The Hall–Kier alpha value is -3.67. The van der Waals surface area contributed by atoms with E-state index in [0.29, 0.717) is 6.61 Å². The third-order valence-electron chi connectivity index (χ3n) is 5.91. The molecule has 32 heavy (non-hydrogen) atoms. The van der Waals surface area contributed by atoms with Crippen LogP contribution in [0.3, 0.4) is 0 Å². The van der Waals surface area contributed by atoms with Crippen LogP contribution in [0, 0.1) is 0 Å². The molecule has 162 valence electrons. The van der Waals surface area contributed by atoms with E-state index in [-0.39, 0.29) is 0 Å². The van der Waals surface area contributed by atoms with Crippen molar-refractivity contribution in [2.24, 2.45) is 7.05 Å². The molecule has 5 rings (SSSR count). The van der Waals surface area contributed by atoms with Gasteiger partial charge in [-0.15, -0.1) is 0 Å². The Morgan fingerprint density at radius 1 is 1.03 bits per heavy atom. The Balaban J connectivity index is 1.27. The molecular weight excluding hydrogens is 398 g/mol. The summed E-state index contributed by atoms with van der Waals surface area (Å²) in [5, 5.41) is 6.80. The summed E-state index contributed by atoms with van der Waals surface area (Å²) in [6.45, 7) is 2.68. The Morgan fingerprint density at radius 2 is 1.97 bits per heavy atom. The Bertz CT molecular complexity index is 1370. The molecule has 0 amide bonds. The zero-order valence-corrected chi connectivity index (χ0v) is 18.5. The number of aryl methyl sites for hydroxylation is 3. The molecule has 0 spiro atoms. The summed E-state index contributed by atoms with van der Waals surface area (Å²) in [4.78, 5) is 12.7. The molecule has 0 unspecified atom stereocenters. The van der Waals surface area contributed by atoms with E-state index < -0.39 is 0 Å². The summed E-state index contributed by atoms with van der Waals surface area (Å²) >= 11 is 0. The first kappa shape index (κ1) is 20.2. The molecule has 0 aliphatic heterocycles. The molecule has 6 nitrogen and oxygen atoms in total. The summed E-state index contributed by atoms with van der Waals surface area (Å²) in [7, 11) is 1.97. The molecule has 3 aromatic heterocycles. The molecule has 0 saturated carbocycles. The van der Waals surface area contributed by atoms with Gasteiger partial charge in [0, 0.05) is 54.3 Å². The van der Waals surface area contributed by atoms with Crippen LogP contribution in [-0.4, -0.2) is 31.3 Å².